The molecule has 104 valence electrons. The van der Waals surface area contributed by atoms with Gasteiger partial charge in [0, 0.05) is 12.8 Å². The molecule has 0 heterocycles. The topological polar surface area (TPSA) is 63.6 Å². The largest absolute Gasteiger partial charge is 0.481 e. The van der Waals surface area contributed by atoms with Gasteiger partial charge in [-0.1, -0.05) is 31.9 Å². The Bertz CT molecular complexity index is 409. The van der Waals surface area contributed by atoms with E-state index >= 15 is 0 Å². The predicted molar refractivity (Wildman–Crippen MR) is 72.2 cm³/mol. The minimum Gasteiger partial charge on any atom is -0.481 e. The number of rotatable bonds is 8. The third-order valence-electron chi connectivity index (χ3n) is 2.77. The average molecular weight is 264 g/mol. The fourth-order valence-corrected chi connectivity index (χ4v) is 1.68. The number of carbonyl (C=O) groups is 2. The van der Waals surface area contributed by atoms with Gasteiger partial charge in [-0.05, 0) is 30.5 Å². The molecule has 0 bridgehead atoms. The Kier molecular flexibility index (Phi) is 6.64. The van der Waals surface area contributed by atoms with Crippen molar-refractivity contribution in [3.05, 3.63) is 29.8 Å². The minimum atomic E-state index is -0.813. The standard InChI is InChI=1S/C15H20O4/c1-2-3-4-5-15(18)19-13-9-6-12(7-10-13)8-11-14(16)17/h6-7,9-10H,2-5,8,11H2,1H3,(H,16,17). The van der Waals surface area contributed by atoms with Gasteiger partial charge in [-0.15, -0.1) is 0 Å². The zero-order valence-electron chi connectivity index (χ0n) is 11.2. The Hall–Kier alpha value is -1.84. The predicted octanol–water partition coefficient (Wildman–Crippen LogP) is 3.19. The van der Waals surface area contributed by atoms with E-state index in [-0.39, 0.29) is 12.4 Å². The quantitative estimate of drug-likeness (QED) is 0.445. The molecule has 0 saturated carbocycles. The normalized spacial score (nSPS) is 10.2. The molecule has 1 aromatic carbocycles. The van der Waals surface area contributed by atoms with Crippen LogP contribution in [0.3, 0.4) is 0 Å². The van der Waals surface area contributed by atoms with Crippen LogP contribution in [-0.4, -0.2) is 17.0 Å². The maximum atomic E-state index is 11.5. The molecule has 1 rings (SSSR count). The molecular formula is C15H20O4. The van der Waals surface area contributed by atoms with Gasteiger partial charge in [0.1, 0.15) is 5.75 Å². The maximum Gasteiger partial charge on any atom is 0.311 e. The molecule has 1 aromatic rings. The lowest BCUT2D eigenvalue weighted by Gasteiger charge is -2.05. The highest BCUT2D eigenvalue weighted by Gasteiger charge is 2.05. The summed E-state index contributed by atoms with van der Waals surface area (Å²) in [4.78, 5) is 21.9. The first-order valence-electron chi connectivity index (χ1n) is 6.63. The summed E-state index contributed by atoms with van der Waals surface area (Å²) in [5.74, 6) is -0.515. The number of esters is 1. The van der Waals surface area contributed by atoms with E-state index in [4.69, 9.17) is 9.84 Å². The number of hydrogen-bond donors (Lipinski definition) is 1. The first-order chi connectivity index (χ1) is 9.11. The van der Waals surface area contributed by atoms with Gasteiger partial charge in [-0.3, -0.25) is 9.59 Å². The average Bonchev–Trinajstić information content (AvgIpc) is 2.38. The highest BCUT2D eigenvalue weighted by molar-refractivity contribution is 5.72. The fraction of sp³-hybridized carbons (Fsp3) is 0.467. The zero-order valence-corrected chi connectivity index (χ0v) is 11.2. The number of carboxylic acid groups (broad SMARTS) is 1. The molecule has 4 heteroatoms. The van der Waals surface area contributed by atoms with E-state index in [0.29, 0.717) is 18.6 Å². The van der Waals surface area contributed by atoms with Crippen molar-refractivity contribution in [3.63, 3.8) is 0 Å². The third kappa shape index (κ3) is 6.60. The molecule has 0 atom stereocenters. The van der Waals surface area contributed by atoms with Gasteiger partial charge >= 0.3 is 11.9 Å². The lowest BCUT2D eigenvalue weighted by atomic mass is 10.1. The Balaban J connectivity index is 2.39. The molecule has 0 aliphatic rings. The first-order valence-corrected chi connectivity index (χ1v) is 6.63. The van der Waals surface area contributed by atoms with Crippen molar-refractivity contribution in [2.75, 3.05) is 0 Å². The summed E-state index contributed by atoms with van der Waals surface area (Å²) in [6, 6.07) is 6.99. The van der Waals surface area contributed by atoms with Crippen molar-refractivity contribution < 1.29 is 19.4 Å². The number of benzene rings is 1. The second-order valence-corrected chi connectivity index (χ2v) is 4.47. The third-order valence-corrected chi connectivity index (χ3v) is 2.77. The van der Waals surface area contributed by atoms with E-state index in [9.17, 15) is 9.59 Å². The van der Waals surface area contributed by atoms with Crippen LogP contribution in [0.2, 0.25) is 0 Å². The number of carboxylic acids is 1. The van der Waals surface area contributed by atoms with Crippen LogP contribution in [0.5, 0.6) is 5.75 Å². The Labute approximate surface area is 113 Å². The smallest absolute Gasteiger partial charge is 0.311 e. The molecule has 0 aromatic heterocycles. The molecule has 0 spiro atoms. The van der Waals surface area contributed by atoms with Crippen molar-refractivity contribution in [1.82, 2.24) is 0 Å². The van der Waals surface area contributed by atoms with Gasteiger partial charge in [0.25, 0.3) is 0 Å². The SMILES string of the molecule is CCCCCC(=O)Oc1ccc(CCC(=O)O)cc1. The summed E-state index contributed by atoms with van der Waals surface area (Å²) in [6.07, 6.45) is 3.99. The summed E-state index contributed by atoms with van der Waals surface area (Å²) in [7, 11) is 0. The summed E-state index contributed by atoms with van der Waals surface area (Å²) < 4.78 is 5.19. The number of hydrogen-bond acceptors (Lipinski definition) is 3. The molecule has 0 saturated heterocycles. The van der Waals surface area contributed by atoms with Gasteiger partial charge in [0.2, 0.25) is 0 Å². The number of ether oxygens (including phenoxy) is 1. The summed E-state index contributed by atoms with van der Waals surface area (Å²) >= 11 is 0. The lowest BCUT2D eigenvalue weighted by molar-refractivity contribution is -0.137. The van der Waals surface area contributed by atoms with Crippen molar-refractivity contribution in [2.24, 2.45) is 0 Å². The molecule has 0 aliphatic heterocycles. The first kappa shape index (κ1) is 15.2. The van der Waals surface area contributed by atoms with Crippen LogP contribution in [0.15, 0.2) is 24.3 Å². The molecule has 1 N–H and O–H groups in total. The van der Waals surface area contributed by atoms with Crippen LogP contribution in [0.4, 0.5) is 0 Å². The van der Waals surface area contributed by atoms with Crippen LogP contribution in [-0.2, 0) is 16.0 Å². The molecule has 4 nitrogen and oxygen atoms in total. The maximum absolute atomic E-state index is 11.5. The second-order valence-electron chi connectivity index (χ2n) is 4.47. The van der Waals surface area contributed by atoms with Crippen LogP contribution < -0.4 is 4.74 Å². The zero-order chi connectivity index (χ0) is 14.1. The number of aryl methyl sites for hydroxylation is 1. The molecule has 0 amide bonds. The van der Waals surface area contributed by atoms with Crippen molar-refractivity contribution in [2.45, 2.75) is 45.4 Å². The number of aliphatic carboxylic acids is 1. The minimum absolute atomic E-state index is 0.107. The summed E-state index contributed by atoms with van der Waals surface area (Å²) in [6.45, 7) is 2.08. The molecule has 0 radical (unpaired) electrons. The highest BCUT2D eigenvalue weighted by Crippen LogP contribution is 2.14. The van der Waals surface area contributed by atoms with Gasteiger partial charge in [-0.2, -0.15) is 0 Å². The summed E-state index contributed by atoms with van der Waals surface area (Å²) in [5.41, 5.74) is 0.924. The van der Waals surface area contributed by atoms with E-state index in [1.807, 2.05) is 0 Å². The van der Waals surface area contributed by atoms with Gasteiger partial charge < -0.3 is 9.84 Å². The van der Waals surface area contributed by atoms with Gasteiger partial charge in [0.05, 0.1) is 0 Å². The van der Waals surface area contributed by atoms with Crippen molar-refractivity contribution in [3.8, 4) is 5.75 Å². The van der Waals surface area contributed by atoms with Crippen LogP contribution in [0, 0.1) is 0 Å². The van der Waals surface area contributed by atoms with Crippen molar-refractivity contribution >= 4 is 11.9 Å². The molecule has 0 fully saturated rings. The van der Waals surface area contributed by atoms with E-state index in [2.05, 4.69) is 6.92 Å². The lowest BCUT2D eigenvalue weighted by Crippen LogP contribution is -2.07. The Morgan fingerprint density at radius 3 is 2.37 bits per heavy atom. The van der Waals surface area contributed by atoms with Gasteiger partial charge in [0.15, 0.2) is 0 Å². The van der Waals surface area contributed by atoms with E-state index in [1.54, 1.807) is 24.3 Å². The highest BCUT2D eigenvalue weighted by atomic mass is 16.5. The monoisotopic (exact) mass is 264 g/mol. The van der Waals surface area contributed by atoms with Crippen LogP contribution >= 0.6 is 0 Å². The van der Waals surface area contributed by atoms with Crippen molar-refractivity contribution in [1.29, 1.82) is 0 Å². The molecular weight excluding hydrogens is 244 g/mol. The number of carbonyl (C=O) groups excluding carboxylic acids is 1. The van der Waals surface area contributed by atoms with E-state index < -0.39 is 5.97 Å². The second kappa shape index (κ2) is 8.29. The fourth-order valence-electron chi connectivity index (χ4n) is 1.68. The molecule has 0 unspecified atom stereocenters. The Morgan fingerprint density at radius 1 is 1.11 bits per heavy atom. The Morgan fingerprint density at radius 2 is 1.79 bits per heavy atom. The number of unbranched alkanes of at least 4 members (excludes halogenated alkanes) is 2. The molecule has 19 heavy (non-hydrogen) atoms. The van der Waals surface area contributed by atoms with Gasteiger partial charge in [-0.25, -0.2) is 0 Å². The van der Waals surface area contributed by atoms with E-state index in [0.717, 1.165) is 24.8 Å². The summed E-state index contributed by atoms with van der Waals surface area (Å²) in [5, 5.41) is 8.58. The van der Waals surface area contributed by atoms with Crippen LogP contribution in [0.25, 0.3) is 0 Å². The molecule has 0 aliphatic carbocycles. The van der Waals surface area contributed by atoms with Crippen LogP contribution in [0.1, 0.15) is 44.6 Å². The van der Waals surface area contributed by atoms with E-state index in [1.165, 1.54) is 0 Å².